The van der Waals surface area contributed by atoms with Gasteiger partial charge in [-0.2, -0.15) is 0 Å². The molecule has 1 aliphatic heterocycles. The van der Waals surface area contributed by atoms with Crippen molar-refractivity contribution in [2.24, 2.45) is 0 Å². The molecule has 3 rings (SSSR count). The van der Waals surface area contributed by atoms with Gasteiger partial charge in [0.15, 0.2) is 6.10 Å². The summed E-state index contributed by atoms with van der Waals surface area (Å²) in [6, 6.07) is 10.6. The standard InChI is InChI=1S/C19H18ClFN2O3/c1-26-18(12-4-6-13(21)7-5-12)19(25)22-16-11-14(8-9-15(16)20)23-10-2-3-17(23)24/h4-9,11,18H,2-3,10H2,1H3,(H,22,25). The molecule has 2 aromatic rings. The summed E-state index contributed by atoms with van der Waals surface area (Å²) in [5.41, 5.74) is 1.59. The van der Waals surface area contributed by atoms with E-state index in [1.807, 2.05) is 0 Å². The van der Waals surface area contributed by atoms with Crippen LogP contribution in [0.4, 0.5) is 15.8 Å². The molecule has 0 bridgehead atoms. The average Bonchev–Trinajstić information content (AvgIpc) is 3.05. The monoisotopic (exact) mass is 376 g/mol. The first kappa shape index (κ1) is 18.4. The maximum atomic E-state index is 13.1. The van der Waals surface area contributed by atoms with Gasteiger partial charge in [0.2, 0.25) is 5.91 Å². The van der Waals surface area contributed by atoms with Gasteiger partial charge in [0, 0.05) is 25.8 Å². The quantitative estimate of drug-likeness (QED) is 0.860. The second-order valence-corrected chi connectivity index (χ2v) is 6.38. The first-order valence-electron chi connectivity index (χ1n) is 8.18. The van der Waals surface area contributed by atoms with Crippen molar-refractivity contribution in [3.8, 4) is 0 Å². The molecule has 1 aliphatic rings. The van der Waals surface area contributed by atoms with Crippen LogP contribution < -0.4 is 10.2 Å². The molecule has 5 nitrogen and oxygen atoms in total. The van der Waals surface area contributed by atoms with Crippen molar-refractivity contribution in [2.75, 3.05) is 23.9 Å². The van der Waals surface area contributed by atoms with Crippen LogP contribution in [0.3, 0.4) is 0 Å². The van der Waals surface area contributed by atoms with Crippen molar-refractivity contribution >= 4 is 34.8 Å². The largest absolute Gasteiger partial charge is 0.367 e. The highest BCUT2D eigenvalue weighted by molar-refractivity contribution is 6.34. The van der Waals surface area contributed by atoms with Crippen molar-refractivity contribution in [3.05, 3.63) is 58.9 Å². The molecule has 7 heteroatoms. The zero-order chi connectivity index (χ0) is 18.7. The van der Waals surface area contributed by atoms with E-state index in [9.17, 15) is 14.0 Å². The summed E-state index contributed by atoms with van der Waals surface area (Å²) in [4.78, 5) is 26.2. The van der Waals surface area contributed by atoms with Crippen LogP contribution in [0.2, 0.25) is 5.02 Å². The second kappa shape index (κ2) is 7.85. The van der Waals surface area contributed by atoms with Gasteiger partial charge in [0.25, 0.3) is 5.91 Å². The highest BCUT2D eigenvalue weighted by Crippen LogP contribution is 2.31. The van der Waals surface area contributed by atoms with E-state index in [-0.39, 0.29) is 5.91 Å². The van der Waals surface area contributed by atoms with E-state index in [4.69, 9.17) is 16.3 Å². The lowest BCUT2D eigenvalue weighted by molar-refractivity contribution is -0.126. The molecular formula is C19H18ClFN2O3. The van der Waals surface area contributed by atoms with Crippen molar-refractivity contribution in [2.45, 2.75) is 18.9 Å². The normalized spacial score (nSPS) is 15.2. The Bertz CT molecular complexity index is 826. The van der Waals surface area contributed by atoms with Crippen LogP contribution >= 0.6 is 11.6 Å². The Morgan fingerprint density at radius 1 is 1.27 bits per heavy atom. The zero-order valence-corrected chi connectivity index (χ0v) is 14.9. The van der Waals surface area contributed by atoms with Gasteiger partial charge < -0.3 is 15.0 Å². The summed E-state index contributed by atoms with van der Waals surface area (Å²) >= 11 is 6.19. The van der Waals surface area contributed by atoms with Gasteiger partial charge in [-0.05, 0) is 42.3 Å². The number of carbonyl (C=O) groups excluding carboxylic acids is 2. The van der Waals surface area contributed by atoms with Crippen LogP contribution in [0.1, 0.15) is 24.5 Å². The minimum absolute atomic E-state index is 0.0469. The third-order valence-electron chi connectivity index (χ3n) is 4.24. The summed E-state index contributed by atoms with van der Waals surface area (Å²) < 4.78 is 18.3. The lowest BCUT2D eigenvalue weighted by atomic mass is 10.1. The molecule has 0 saturated carbocycles. The van der Waals surface area contributed by atoms with Crippen molar-refractivity contribution in [1.82, 2.24) is 0 Å². The van der Waals surface area contributed by atoms with Gasteiger partial charge >= 0.3 is 0 Å². The van der Waals surface area contributed by atoms with Crippen LogP contribution in [-0.4, -0.2) is 25.5 Å². The number of nitrogens with one attached hydrogen (secondary N) is 1. The van der Waals surface area contributed by atoms with E-state index in [0.29, 0.717) is 34.9 Å². The number of anilines is 2. The van der Waals surface area contributed by atoms with Gasteiger partial charge in [-0.1, -0.05) is 23.7 Å². The Morgan fingerprint density at radius 3 is 2.62 bits per heavy atom. The molecule has 26 heavy (non-hydrogen) atoms. The minimum Gasteiger partial charge on any atom is -0.367 e. The molecule has 136 valence electrons. The van der Waals surface area contributed by atoms with Crippen LogP contribution in [0.15, 0.2) is 42.5 Å². The fraction of sp³-hybridized carbons (Fsp3) is 0.263. The SMILES string of the molecule is COC(C(=O)Nc1cc(N2CCCC2=O)ccc1Cl)c1ccc(F)cc1. The third-order valence-corrected chi connectivity index (χ3v) is 4.57. The summed E-state index contributed by atoms with van der Waals surface area (Å²) in [6.45, 7) is 0.643. The first-order chi connectivity index (χ1) is 12.5. The number of hydrogen-bond acceptors (Lipinski definition) is 3. The Morgan fingerprint density at radius 2 is 2.00 bits per heavy atom. The molecule has 1 N–H and O–H groups in total. The van der Waals surface area contributed by atoms with E-state index < -0.39 is 17.8 Å². The maximum absolute atomic E-state index is 13.1. The molecule has 2 aromatic carbocycles. The summed E-state index contributed by atoms with van der Waals surface area (Å²) in [6.07, 6.45) is 0.406. The molecule has 0 spiro atoms. The number of methoxy groups -OCH3 is 1. The smallest absolute Gasteiger partial charge is 0.258 e. The van der Waals surface area contributed by atoms with Crippen LogP contribution in [0.25, 0.3) is 0 Å². The highest BCUT2D eigenvalue weighted by atomic mass is 35.5. The Labute approximate surface area is 155 Å². The number of benzene rings is 2. The molecule has 1 heterocycles. The lowest BCUT2D eigenvalue weighted by Crippen LogP contribution is -2.25. The summed E-state index contributed by atoms with van der Waals surface area (Å²) in [7, 11) is 1.40. The van der Waals surface area contributed by atoms with Gasteiger partial charge in [0.1, 0.15) is 5.82 Å². The predicted molar refractivity (Wildman–Crippen MR) is 97.8 cm³/mol. The molecule has 0 radical (unpaired) electrons. The van der Waals surface area contributed by atoms with E-state index in [1.165, 1.54) is 31.4 Å². The van der Waals surface area contributed by atoms with Crippen LogP contribution in [0, 0.1) is 5.82 Å². The van der Waals surface area contributed by atoms with Crippen LogP contribution in [-0.2, 0) is 14.3 Å². The predicted octanol–water partition coefficient (Wildman–Crippen LogP) is 3.93. The highest BCUT2D eigenvalue weighted by Gasteiger charge is 2.24. The Balaban J connectivity index is 1.81. The number of rotatable bonds is 5. The number of hydrogen-bond donors (Lipinski definition) is 1. The second-order valence-electron chi connectivity index (χ2n) is 5.97. The van der Waals surface area contributed by atoms with Gasteiger partial charge in [0.05, 0.1) is 10.7 Å². The van der Waals surface area contributed by atoms with E-state index in [0.717, 1.165) is 6.42 Å². The molecule has 0 aliphatic carbocycles. The molecule has 1 unspecified atom stereocenters. The molecule has 0 aromatic heterocycles. The van der Waals surface area contributed by atoms with E-state index >= 15 is 0 Å². The first-order valence-corrected chi connectivity index (χ1v) is 8.56. The van der Waals surface area contributed by atoms with Crippen molar-refractivity contribution < 1.29 is 18.7 Å². The van der Waals surface area contributed by atoms with E-state index in [1.54, 1.807) is 23.1 Å². The number of nitrogens with zero attached hydrogens (tertiary/aromatic N) is 1. The van der Waals surface area contributed by atoms with Gasteiger partial charge in [-0.3, -0.25) is 9.59 Å². The molecular weight excluding hydrogens is 359 g/mol. The Hall–Kier alpha value is -2.44. The van der Waals surface area contributed by atoms with Gasteiger partial charge in [-0.25, -0.2) is 4.39 Å². The number of carbonyl (C=O) groups is 2. The Kier molecular flexibility index (Phi) is 5.54. The summed E-state index contributed by atoms with van der Waals surface area (Å²) in [5, 5.41) is 3.08. The van der Waals surface area contributed by atoms with Crippen LogP contribution in [0.5, 0.6) is 0 Å². The number of halogens is 2. The molecule has 1 fully saturated rings. The third kappa shape index (κ3) is 3.86. The number of amides is 2. The molecule has 1 atom stereocenters. The zero-order valence-electron chi connectivity index (χ0n) is 14.2. The van der Waals surface area contributed by atoms with Gasteiger partial charge in [-0.15, -0.1) is 0 Å². The van der Waals surface area contributed by atoms with Crippen molar-refractivity contribution in [1.29, 1.82) is 0 Å². The lowest BCUT2D eigenvalue weighted by Gasteiger charge is -2.19. The average molecular weight is 377 g/mol. The molecule has 2 amide bonds. The van der Waals surface area contributed by atoms with E-state index in [2.05, 4.69) is 5.32 Å². The molecule has 1 saturated heterocycles. The van der Waals surface area contributed by atoms with Crippen molar-refractivity contribution in [3.63, 3.8) is 0 Å². The minimum atomic E-state index is -0.913. The summed E-state index contributed by atoms with van der Waals surface area (Å²) in [5.74, 6) is -0.786. The fourth-order valence-electron chi connectivity index (χ4n) is 2.93. The maximum Gasteiger partial charge on any atom is 0.258 e. The number of ether oxygens (including phenoxy) is 1. The topological polar surface area (TPSA) is 58.6 Å². The fourth-order valence-corrected chi connectivity index (χ4v) is 3.09.